The Morgan fingerprint density at radius 3 is 2.47 bits per heavy atom. The SMILES string of the molecule is CC(=O)CC(C)SSc1ccc(C)cc1. The first-order chi connectivity index (χ1) is 7.08. The van der Waals surface area contributed by atoms with Crippen molar-refractivity contribution in [2.75, 3.05) is 0 Å². The molecule has 0 fully saturated rings. The van der Waals surface area contributed by atoms with Crippen LogP contribution in [-0.4, -0.2) is 11.0 Å². The molecule has 0 spiro atoms. The Hall–Kier alpha value is -0.410. The van der Waals surface area contributed by atoms with Crippen LogP contribution >= 0.6 is 21.6 Å². The number of benzene rings is 1. The molecule has 0 aromatic heterocycles. The van der Waals surface area contributed by atoms with Crippen LogP contribution in [0.15, 0.2) is 29.2 Å². The standard InChI is InChI=1S/C12H16OS2/c1-9-4-6-12(7-5-9)15-14-11(3)8-10(2)13/h4-7,11H,8H2,1-3H3. The van der Waals surface area contributed by atoms with Gasteiger partial charge in [-0.05, 0) is 26.0 Å². The zero-order valence-electron chi connectivity index (χ0n) is 9.32. The van der Waals surface area contributed by atoms with Crippen LogP contribution in [-0.2, 0) is 4.79 Å². The smallest absolute Gasteiger partial charge is 0.130 e. The Labute approximate surface area is 99.4 Å². The Morgan fingerprint density at radius 1 is 1.33 bits per heavy atom. The van der Waals surface area contributed by atoms with Gasteiger partial charge in [-0.3, -0.25) is 4.79 Å². The van der Waals surface area contributed by atoms with Crippen molar-refractivity contribution in [2.24, 2.45) is 0 Å². The molecular formula is C12H16OS2. The van der Waals surface area contributed by atoms with Gasteiger partial charge >= 0.3 is 0 Å². The lowest BCUT2D eigenvalue weighted by molar-refractivity contribution is -0.116. The van der Waals surface area contributed by atoms with E-state index in [-0.39, 0.29) is 5.78 Å². The minimum atomic E-state index is 0.263. The van der Waals surface area contributed by atoms with E-state index in [0.29, 0.717) is 11.7 Å². The van der Waals surface area contributed by atoms with Gasteiger partial charge in [-0.2, -0.15) is 0 Å². The van der Waals surface area contributed by atoms with Crippen LogP contribution < -0.4 is 0 Å². The highest BCUT2D eigenvalue weighted by atomic mass is 33.1. The molecule has 3 heteroatoms. The van der Waals surface area contributed by atoms with E-state index >= 15 is 0 Å². The molecule has 0 saturated heterocycles. The van der Waals surface area contributed by atoms with E-state index in [9.17, 15) is 4.79 Å². The first-order valence-electron chi connectivity index (χ1n) is 4.97. The quantitative estimate of drug-likeness (QED) is 0.721. The molecule has 1 nitrogen and oxygen atoms in total. The Bertz CT molecular complexity index is 319. The van der Waals surface area contributed by atoms with Gasteiger partial charge in [0.1, 0.15) is 5.78 Å². The minimum absolute atomic E-state index is 0.263. The average Bonchev–Trinajstić information content (AvgIpc) is 2.16. The number of hydrogen-bond acceptors (Lipinski definition) is 3. The van der Waals surface area contributed by atoms with Gasteiger partial charge in [0.15, 0.2) is 0 Å². The van der Waals surface area contributed by atoms with Crippen LogP contribution in [0.4, 0.5) is 0 Å². The number of rotatable bonds is 5. The largest absolute Gasteiger partial charge is 0.300 e. The highest BCUT2D eigenvalue weighted by Gasteiger charge is 2.06. The first-order valence-corrected chi connectivity index (χ1v) is 7.18. The summed E-state index contributed by atoms with van der Waals surface area (Å²) in [7, 11) is 3.50. The van der Waals surface area contributed by atoms with Crippen molar-refractivity contribution >= 4 is 27.4 Å². The van der Waals surface area contributed by atoms with Gasteiger partial charge in [-0.15, -0.1) is 0 Å². The van der Waals surface area contributed by atoms with Crippen molar-refractivity contribution < 1.29 is 4.79 Å². The van der Waals surface area contributed by atoms with Crippen LogP contribution in [0.3, 0.4) is 0 Å². The normalized spacial score (nSPS) is 12.5. The van der Waals surface area contributed by atoms with E-state index in [2.05, 4.69) is 38.1 Å². The predicted molar refractivity (Wildman–Crippen MR) is 69.4 cm³/mol. The molecule has 1 aromatic carbocycles. The molecule has 1 aromatic rings. The van der Waals surface area contributed by atoms with Crippen molar-refractivity contribution in [3.63, 3.8) is 0 Å². The third-order valence-corrected chi connectivity index (χ3v) is 4.81. The summed E-state index contributed by atoms with van der Waals surface area (Å²) in [5, 5.41) is 0.383. The second kappa shape index (κ2) is 6.23. The van der Waals surface area contributed by atoms with Gasteiger partial charge in [0.25, 0.3) is 0 Å². The van der Waals surface area contributed by atoms with Crippen LogP contribution in [0.25, 0.3) is 0 Å². The number of Topliss-reactive ketones (excluding diaryl/α,β-unsaturated/α-hetero) is 1. The summed E-state index contributed by atoms with van der Waals surface area (Å²) in [5.41, 5.74) is 1.28. The van der Waals surface area contributed by atoms with Gasteiger partial charge in [-0.1, -0.05) is 46.2 Å². The topological polar surface area (TPSA) is 17.1 Å². The Morgan fingerprint density at radius 2 is 1.93 bits per heavy atom. The molecule has 1 rings (SSSR count). The van der Waals surface area contributed by atoms with E-state index in [1.54, 1.807) is 28.5 Å². The van der Waals surface area contributed by atoms with Crippen molar-refractivity contribution in [3.8, 4) is 0 Å². The van der Waals surface area contributed by atoms with E-state index in [4.69, 9.17) is 0 Å². The minimum Gasteiger partial charge on any atom is -0.300 e. The summed E-state index contributed by atoms with van der Waals surface area (Å²) in [6.07, 6.45) is 0.656. The molecule has 0 amide bonds. The number of ketones is 1. The molecule has 0 N–H and O–H groups in total. The molecular weight excluding hydrogens is 224 g/mol. The van der Waals surface area contributed by atoms with Crippen LogP contribution in [0.2, 0.25) is 0 Å². The van der Waals surface area contributed by atoms with Gasteiger partial charge in [0, 0.05) is 16.6 Å². The van der Waals surface area contributed by atoms with Crippen molar-refractivity contribution in [1.82, 2.24) is 0 Å². The van der Waals surface area contributed by atoms with Crippen molar-refractivity contribution in [1.29, 1.82) is 0 Å². The molecule has 0 saturated carbocycles. The first kappa shape index (κ1) is 12.7. The zero-order valence-corrected chi connectivity index (χ0v) is 11.0. The third-order valence-electron chi connectivity index (χ3n) is 1.90. The summed E-state index contributed by atoms with van der Waals surface area (Å²) in [4.78, 5) is 12.1. The van der Waals surface area contributed by atoms with Crippen LogP contribution in [0, 0.1) is 6.92 Å². The molecule has 1 unspecified atom stereocenters. The highest BCUT2D eigenvalue weighted by molar-refractivity contribution is 8.76. The van der Waals surface area contributed by atoms with Crippen LogP contribution in [0.5, 0.6) is 0 Å². The second-order valence-electron chi connectivity index (χ2n) is 3.71. The summed E-state index contributed by atoms with van der Waals surface area (Å²) in [6, 6.07) is 8.46. The molecule has 0 bridgehead atoms. The monoisotopic (exact) mass is 240 g/mol. The van der Waals surface area contributed by atoms with Gasteiger partial charge in [0.2, 0.25) is 0 Å². The average molecular weight is 240 g/mol. The predicted octanol–water partition coefficient (Wildman–Crippen LogP) is 4.10. The number of aryl methyl sites for hydroxylation is 1. The summed E-state index contributed by atoms with van der Waals surface area (Å²) < 4.78 is 0. The van der Waals surface area contributed by atoms with E-state index in [0.717, 1.165) is 0 Å². The van der Waals surface area contributed by atoms with Gasteiger partial charge < -0.3 is 0 Å². The molecule has 0 radical (unpaired) electrons. The maximum absolute atomic E-state index is 10.9. The fourth-order valence-corrected chi connectivity index (χ4v) is 3.36. The van der Waals surface area contributed by atoms with E-state index < -0.39 is 0 Å². The second-order valence-corrected chi connectivity index (χ2v) is 6.42. The summed E-state index contributed by atoms with van der Waals surface area (Å²) in [5.74, 6) is 0.263. The number of carbonyl (C=O) groups is 1. The highest BCUT2D eigenvalue weighted by Crippen LogP contribution is 2.35. The zero-order chi connectivity index (χ0) is 11.3. The maximum Gasteiger partial charge on any atom is 0.130 e. The lowest BCUT2D eigenvalue weighted by Gasteiger charge is -2.07. The third kappa shape index (κ3) is 5.28. The summed E-state index contributed by atoms with van der Waals surface area (Å²) in [6.45, 7) is 5.82. The number of carbonyl (C=O) groups excluding carboxylic acids is 1. The van der Waals surface area contributed by atoms with E-state index in [1.807, 2.05) is 0 Å². The molecule has 0 heterocycles. The van der Waals surface area contributed by atoms with Gasteiger partial charge in [0.05, 0.1) is 0 Å². The molecule has 0 aliphatic rings. The number of hydrogen-bond donors (Lipinski definition) is 0. The summed E-state index contributed by atoms with van der Waals surface area (Å²) >= 11 is 0. The fourth-order valence-electron chi connectivity index (χ4n) is 1.17. The van der Waals surface area contributed by atoms with Crippen molar-refractivity contribution in [2.45, 2.75) is 37.3 Å². The molecule has 1 atom stereocenters. The van der Waals surface area contributed by atoms with Crippen LogP contribution in [0.1, 0.15) is 25.8 Å². The Kier molecular flexibility index (Phi) is 5.26. The lowest BCUT2D eigenvalue weighted by Crippen LogP contribution is -2.01. The van der Waals surface area contributed by atoms with Gasteiger partial charge in [-0.25, -0.2) is 0 Å². The molecule has 0 aliphatic heterocycles. The molecule has 0 aliphatic carbocycles. The van der Waals surface area contributed by atoms with Crippen molar-refractivity contribution in [3.05, 3.63) is 29.8 Å². The van der Waals surface area contributed by atoms with E-state index in [1.165, 1.54) is 10.5 Å². The Balaban J connectivity index is 2.36. The maximum atomic E-state index is 10.9. The lowest BCUT2D eigenvalue weighted by atomic mass is 10.2. The molecule has 82 valence electrons. The fraction of sp³-hybridized carbons (Fsp3) is 0.417. The molecule has 15 heavy (non-hydrogen) atoms.